The number of carbonyl (C=O) groups excluding carboxylic acids is 1. The van der Waals surface area contributed by atoms with Crippen molar-refractivity contribution >= 4 is 5.91 Å². The minimum Gasteiger partial charge on any atom is -0.340 e. The summed E-state index contributed by atoms with van der Waals surface area (Å²) in [7, 11) is 0. The van der Waals surface area contributed by atoms with Gasteiger partial charge >= 0.3 is 0 Å². The quantitative estimate of drug-likeness (QED) is 0.825. The Bertz CT molecular complexity index is 576. The van der Waals surface area contributed by atoms with Crippen LogP contribution in [0.25, 0.3) is 5.69 Å². The van der Waals surface area contributed by atoms with Gasteiger partial charge in [-0.3, -0.25) is 4.79 Å². The molecule has 20 heavy (non-hydrogen) atoms. The Kier molecular flexibility index (Phi) is 3.69. The Morgan fingerprint density at radius 3 is 2.90 bits per heavy atom. The lowest BCUT2D eigenvalue weighted by Gasteiger charge is -2.27. The molecule has 1 N–H and O–H groups in total. The van der Waals surface area contributed by atoms with Gasteiger partial charge in [-0.15, -0.1) is 5.10 Å². The fourth-order valence-corrected chi connectivity index (χ4v) is 2.29. The smallest absolute Gasteiger partial charge is 0.227 e. The Hall–Kier alpha value is -2.28. The highest BCUT2D eigenvalue weighted by Crippen LogP contribution is 2.10. The molecule has 3 rings (SSSR count). The molecule has 0 spiro atoms. The summed E-state index contributed by atoms with van der Waals surface area (Å²) in [5.41, 5.74) is 1.84. The first-order chi connectivity index (χ1) is 9.83. The molecular formula is C13H16N6O. The van der Waals surface area contributed by atoms with Crippen LogP contribution in [0.3, 0.4) is 0 Å². The Morgan fingerprint density at radius 2 is 2.15 bits per heavy atom. The van der Waals surface area contributed by atoms with Gasteiger partial charge in [-0.05, 0) is 28.1 Å². The molecule has 1 amide bonds. The zero-order valence-electron chi connectivity index (χ0n) is 11.1. The molecule has 2 heterocycles. The molecule has 1 aliphatic rings. The third-order valence-corrected chi connectivity index (χ3v) is 3.35. The van der Waals surface area contributed by atoms with Crippen molar-refractivity contribution in [1.82, 2.24) is 30.4 Å². The van der Waals surface area contributed by atoms with Gasteiger partial charge in [-0.25, -0.2) is 4.68 Å². The second-order valence-corrected chi connectivity index (χ2v) is 4.73. The summed E-state index contributed by atoms with van der Waals surface area (Å²) in [6.07, 6.45) is 1.95. The summed E-state index contributed by atoms with van der Waals surface area (Å²) in [6, 6.07) is 7.72. The van der Waals surface area contributed by atoms with Crippen molar-refractivity contribution in [3.63, 3.8) is 0 Å². The molecule has 1 aromatic carbocycles. The maximum Gasteiger partial charge on any atom is 0.227 e. The summed E-state index contributed by atoms with van der Waals surface area (Å²) in [4.78, 5) is 14.1. The number of tetrazole rings is 1. The average molecular weight is 272 g/mol. The molecule has 0 saturated carbocycles. The summed E-state index contributed by atoms with van der Waals surface area (Å²) in [6.45, 7) is 3.31. The van der Waals surface area contributed by atoms with Gasteiger partial charge in [-0.1, -0.05) is 12.1 Å². The SMILES string of the molecule is O=C(Cc1cccc(-n2cnnn2)c1)N1CCNCC1. The fourth-order valence-electron chi connectivity index (χ4n) is 2.29. The first-order valence-corrected chi connectivity index (χ1v) is 6.64. The van der Waals surface area contributed by atoms with Gasteiger partial charge in [0.15, 0.2) is 0 Å². The predicted molar refractivity (Wildman–Crippen MR) is 72.3 cm³/mol. The molecule has 0 bridgehead atoms. The van der Waals surface area contributed by atoms with Crippen molar-refractivity contribution in [2.45, 2.75) is 6.42 Å². The fraction of sp³-hybridized carbons (Fsp3) is 0.385. The van der Waals surface area contributed by atoms with E-state index in [0.717, 1.165) is 37.4 Å². The van der Waals surface area contributed by atoms with Crippen LogP contribution in [-0.4, -0.2) is 57.2 Å². The lowest BCUT2D eigenvalue weighted by Crippen LogP contribution is -2.46. The van der Waals surface area contributed by atoms with E-state index in [0.29, 0.717) is 6.42 Å². The van der Waals surface area contributed by atoms with E-state index in [1.807, 2.05) is 29.2 Å². The van der Waals surface area contributed by atoms with Crippen LogP contribution in [0.1, 0.15) is 5.56 Å². The number of aromatic nitrogens is 4. The standard InChI is InChI=1S/C13H16N6O/c20-13(18-6-4-14-5-7-18)9-11-2-1-3-12(8-11)19-10-15-16-17-19/h1-3,8,10,14H,4-7,9H2. The number of hydrogen-bond acceptors (Lipinski definition) is 5. The number of nitrogens with one attached hydrogen (secondary N) is 1. The van der Waals surface area contributed by atoms with Crippen LogP contribution in [0.2, 0.25) is 0 Å². The molecule has 7 nitrogen and oxygen atoms in total. The van der Waals surface area contributed by atoms with E-state index in [9.17, 15) is 4.79 Å². The summed E-state index contributed by atoms with van der Waals surface area (Å²) < 4.78 is 1.58. The number of nitrogens with zero attached hydrogens (tertiary/aromatic N) is 5. The molecule has 1 fully saturated rings. The summed E-state index contributed by atoms with van der Waals surface area (Å²) >= 11 is 0. The first-order valence-electron chi connectivity index (χ1n) is 6.64. The Balaban J connectivity index is 1.71. The van der Waals surface area contributed by atoms with Gasteiger partial charge < -0.3 is 10.2 Å². The summed E-state index contributed by atoms with van der Waals surface area (Å²) in [5.74, 6) is 0.167. The van der Waals surface area contributed by atoms with Crippen LogP contribution in [0.4, 0.5) is 0 Å². The van der Waals surface area contributed by atoms with Crippen molar-refractivity contribution in [3.05, 3.63) is 36.2 Å². The second kappa shape index (κ2) is 5.79. The zero-order chi connectivity index (χ0) is 13.8. The zero-order valence-corrected chi connectivity index (χ0v) is 11.1. The Labute approximate surface area is 116 Å². The van der Waals surface area contributed by atoms with Gasteiger partial charge in [0, 0.05) is 26.2 Å². The maximum absolute atomic E-state index is 12.2. The van der Waals surface area contributed by atoms with Crippen molar-refractivity contribution in [2.75, 3.05) is 26.2 Å². The molecule has 0 aliphatic carbocycles. The van der Waals surface area contributed by atoms with Crippen molar-refractivity contribution < 1.29 is 4.79 Å². The van der Waals surface area contributed by atoms with Gasteiger partial charge in [0.1, 0.15) is 6.33 Å². The van der Waals surface area contributed by atoms with E-state index in [4.69, 9.17) is 0 Å². The van der Waals surface area contributed by atoms with E-state index >= 15 is 0 Å². The monoisotopic (exact) mass is 272 g/mol. The predicted octanol–water partition coefficient (Wildman–Crippen LogP) is -0.363. The molecule has 1 saturated heterocycles. The van der Waals surface area contributed by atoms with Crippen LogP contribution in [0.5, 0.6) is 0 Å². The second-order valence-electron chi connectivity index (χ2n) is 4.73. The molecule has 104 valence electrons. The normalized spacial score (nSPS) is 15.3. The van der Waals surface area contributed by atoms with E-state index in [2.05, 4.69) is 20.8 Å². The number of hydrogen-bond donors (Lipinski definition) is 1. The number of carbonyl (C=O) groups is 1. The molecule has 0 unspecified atom stereocenters. The van der Waals surface area contributed by atoms with Gasteiger partial charge in [0.25, 0.3) is 0 Å². The van der Waals surface area contributed by atoms with Crippen LogP contribution in [0, 0.1) is 0 Å². The number of amides is 1. The molecule has 2 aromatic rings. The number of benzene rings is 1. The van der Waals surface area contributed by atoms with E-state index in [-0.39, 0.29) is 5.91 Å². The van der Waals surface area contributed by atoms with Gasteiger partial charge in [0.2, 0.25) is 5.91 Å². The van der Waals surface area contributed by atoms with E-state index in [1.54, 1.807) is 4.68 Å². The van der Waals surface area contributed by atoms with E-state index < -0.39 is 0 Å². The molecule has 1 aliphatic heterocycles. The molecule has 1 aromatic heterocycles. The highest BCUT2D eigenvalue weighted by Gasteiger charge is 2.16. The Morgan fingerprint density at radius 1 is 1.30 bits per heavy atom. The molecule has 7 heteroatoms. The molecule has 0 atom stereocenters. The van der Waals surface area contributed by atoms with Gasteiger partial charge in [0.05, 0.1) is 12.1 Å². The van der Waals surface area contributed by atoms with Crippen molar-refractivity contribution in [2.24, 2.45) is 0 Å². The van der Waals surface area contributed by atoms with Crippen molar-refractivity contribution in [1.29, 1.82) is 0 Å². The lowest BCUT2D eigenvalue weighted by atomic mass is 10.1. The van der Waals surface area contributed by atoms with Crippen molar-refractivity contribution in [3.8, 4) is 5.69 Å². The van der Waals surface area contributed by atoms with Crippen LogP contribution in [0.15, 0.2) is 30.6 Å². The topological polar surface area (TPSA) is 75.9 Å². The van der Waals surface area contributed by atoms with Crippen LogP contribution >= 0.6 is 0 Å². The third-order valence-electron chi connectivity index (χ3n) is 3.35. The summed E-state index contributed by atoms with van der Waals surface area (Å²) in [5, 5.41) is 14.3. The maximum atomic E-state index is 12.2. The third kappa shape index (κ3) is 2.83. The van der Waals surface area contributed by atoms with Gasteiger partial charge in [-0.2, -0.15) is 0 Å². The van der Waals surface area contributed by atoms with E-state index in [1.165, 1.54) is 6.33 Å². The van der Waals surface area contributed by atoms with Crippen LogP contribution < -0.4 is 5.32 Å². The lowest BCUT2D eigenvalue weighted by molar-refractivity contribution is -0.131. The number of rotatable bonds is 3. The first kappa shape index (κ1) is 12.7. The number of piperazine rings is 1. The molecular weight excluding hydrogens is 256 g/mol. The minimum atomic E-state index is 0.167. The average Bonchev–Trinajstić information content (AvgIpc) is 3.03. The largest absolute Gasteiger partial charge is 0.340 e. The highest BCUT2D eigenvalue weighted by molar-refractivity contribution is 5.79. The highest BCUT2D eigenvalue weighted by atomic mass is 16.2. The minimum absolute atomic E-state index is 0.167. The molecule has 0 radical (unpaired) electrons. The van der Waals surface area contributed by atoms with Crippen LogP contribution in [-0.2, 0) is 11.2 Å².